The molecule has 17 heteroatoms. The van der Waals surface area contributed by atoms with Crippen molar-refractivity contribution in [3.8, 4) is 5.69 Å². The summed E-state index contributed by atoms with van der Waals surface area (Å²) in [7, 11) is -10.3. The lowest BCUT2D eigenvalue weighted by atomic mass is 9.70. The van der Waals surface area contributed by atoms with E-state index in [1.54, 1.807) is 23.0 Å². The van der Waals surface area contributed by atoms with Gasteiger partial charge in [0, 0.05) is 13.1 Å². The van der Waals surface area contributed by atoms with Crippen LogP contribution in [-0.4, -0.2) is 73.5 Å². The van der Waals surface area contributed by atoms with Gasteiger partial charge in [-0.2, -0.15) is 44.2 Å². The van der Waals surface area contributed by atoms with Crippen LogP contribution in [0.4, 0.5) is 30.7 Å². The molecule has 0 amide bonds. The highest BCUT2D eigenvalue weighted by Crippen LogP contribution is 2.54. The Morgan fingerprint density at radius 1 is 1.02 bits per heavy atom. The molecule has 2 aromatic rings. The Labute approximate surface area is 243 Å². The summed E-state index contributed by atoms with van der Waals surface area (Å²) in [6.45, 7) is 0.612. The smallest absolute Gasteiger partial charge is 0.262 e. The lowest BCUT2D eigenvalue weighted by Gasteiger charge is -2.39. The first-order valence-corrected chi connectivity index (χ1v) is 16.5. The van der Waals surface area contributed by atoms with Crippen molar-refractivity contribution in [1.82, 2.24) is 14.1 Å². The molecule has 0 saturated heterocycles. The van der Waals surface area contributed by atoms with Gasteiger partial charge in [0.1, 0.15) is 11.4 Å². The molecule has 0 aliphatic heterocycles. The molecule has 0 N–H and O–H groups in total. The summed E-state index contributed by atoms with van der Waals surface area (Å²) in [4.78, 5) is 0. The van der Waals surface area contributed by atoms with Gasteiger partial charge in [-0.25, -0.2) is 17.5 Å². The van der Waals surface area contributed by atoms with E-state index in [0.717, 1.165) is 16.8 Å². The molecule has 0 spiro atoms. The topological polar surface area (TPSA) is 98.6 Å². The lowest BCUT2D eigenvalue weighted by Crippen LogP contribution is -2.48. The predicted octanol–water partition coefficient (Wildman–Crippen LogP) is 5.00. The molecule has 1 aromatic heterocycles. The number of allylic oxidation sites excluding steroid dienone is 1. The summed E-state index contributed by atoms with van der Waals surface area (Å²) in [5, 5.41) is 4.40. The monoisotopic (exact) mass is 659 g/mol. The minimum absolute atomic E-state index is 0.138. The van der Waals surface area contributed by atoms with Gasteiger partial charge >= 0.3 is 12.4 Å². The largest absolute Gasteiger partial charge is 0.405 e. The Morgan fingerprint density at radius 3 is 2.23 bits per heavy atom. The molecule has 43 heavy (non-hydrogen) atoms. The van der Waals surface area contributed by atoms with E-state index in [1.165, 1.54) is 12.1 Å². The number of aromatic nitrogens is 2. The SMILES string of the molecule is C[C@]12Cc3cnn(-c4ccc(F)cc4)c3C=C1CC[C@@H]2CN(CC1(OS(=O)(=O)CC(F)(F)F)CC1)S(=O)(=O)CC(F)(F)F. The molecule has 0 unspecified atom stereocenters. The highest BCUT2D eigenvalue weighted by molar-refractivity contribution is 7.89. The van der Waals surface area contributed by atoms with E-state index in [9.17, 15) is 47.6 Å². The third-order valence-electron chi connectivity index (χ3n) is 8.30. The third-order valence-corrected chi connectivity index (χ3v) is 11.3. The first kappa shape index (κ1) is 31.9. The van der Waals surface area contributed by atoms with Crippen LogP contribution in [-0.2, 0) is 30.7 Å². The predicted molar refractivity (Wildman–Crippen MR) is 140 cm³/mol. The standard InChI is InChI=1S/C26H28F7N3O5S2/c1-23-11-17-12-34-36(21-6-4-20(27)5-7-21)22(17)10-18(23)2-3-19(23)13-35(42(37,38)15-25(28,29)30)14-24(8-9-24)41-43(39,40)16-26(31,32)33/h4-7,10,12,19H,2-3,8-9,11,13-16H2,1H3/t19-,23+/m1/s1. The maximum Gasteiger partial charge on any atom is 0.405 e. The molecule has 2 fully saturated rings. The van der Waals surface area contributed by atoms with E-state index in [-0.39, 0.29) is 12.8 Å². The Kier molecular flexibility index (Phi) is 7.83. The van der Waals surface area contributed by atoms with Crippen molar-refractivity contribution in [2.24, 2.45) is 11.3 Å². The van der Waals surface area contributed by atoms with Gasteiger partial charge in [-0.1, -0.05) is 12.5 Å². The van der Waals surface area contributed by atoms with Gasteiger partial charge < -0.3 is 0 Å². The number of hydrogen-bond donors (Lipinski definition) is 0. The fraction of sp³-hybridized carbons (Fsp3) is 0.577. The number of halogens is 7. The Morgan fingerprint density at radius 2 is 1.65 bits per heavy atom. The Balaban J connectivity index is 1.41. The lowest BCUT2D eigenvalue weighted by molar-refractivity contribution is -0.109. The molecule has 1 aromatic carbocycles. The number of rotatable bonds is 10. The molecule has 5 rings (SSSR count). The zero-order valence-electron chi connectivity index (χ0n) is 22.8. The zero-order chi connectivity index (χ0) is 31.6. The Bertz CT molecular complexity index is 1630. The van der Waals surface area contributed by atoms with Crippen LogP contribution in [0.2, 0.25) is 0 Å². The van der Waals surface area contributed by atoms with Crippen LogP contribution in [0.3, 0.4) is 0 Å². The molecule has 2 saturated carbocycles. The summed E-state index contributed by atoms with van der Waals surface area (Å²) < 4.78 is 149. The first-order valence-electron chi connectivity index (χ1n) is 13.3. The van der Waals surface area contributed by atoms with E-state index < -0.39 is 79.8 Å². The molecule has 238 valence electrons. The summed E-state index contributed by atoms with van der Waals surface area (Å²) in [5.41, 5.74) is 0.463. The van der Waals surface area contributed by atoms with Crippen LogP contribution < -0.4 is 0 Å². The van der Waals surface area contributed by atoms with E-state index in [4.69, 9.17) is 4.18 Å². The second-order valence-electron chi connectivity index (χ2n) is 11.7. The normalized spacial score (nSPS) is 23.7. The molecule has 2 atom stereocenters. The minimum atomic E-state index is -5.18. The van der Waals surface area contributed by atoms with Gasteiger partial charge in [-0.05, 0) is 79.3 Å². The highest BCUT2D eigenvalue weighted by atomic mass is 32.2. The van der Waals surface area contributed by atoms with Crippen molar-refractivity contribution in [3.63, 3.8) is 0 Å². The van der Waals surface area contributed by atoms with Crippen molar-refractivity contribution in [2.45, 2.75) is 57.0 Å². The number of benzene rings is 1. The van der Waals surface area contributed by atoms with E-state index in [2.05, 4.69) is 5.10 Å². The van der Waals surface area contributed by atoms with E-state index in [1.807, 2.05) is 13.0 Å². The molecule has 8 nitrogen and oxygen atoms in total. The van der Waals surface area contributed by atoms with Crippen LogP contribution in [0, 0.1) is 17.2 Å². The number of alkyl halides is 6. The van der Waals surface area contributed by atoms with Crippen molar-refractivity contribution in [2.75, 3.05) is 24.6 Å². The third kappa shape index (κ3) is 7.09. The quantitative estimate of drug-likeness (QED) is 0.263. The van der Waals surface area contributed by atoms with Crippen LogP contribution in [0.25, 0.3) is 11.8 Å². The number of hydrogen-bond acceptors (Lipinski definition) is 6. The molecule has 0 radical (unpaired) electrons. The molecular formula is C26H28F7N3O5S2. The van der Waals surface area contributed by atoms with E-state index in [0.29, 0.717) is 29.3 Å². The van der Waals surface area contributed by atoms with Crippen LogP contribution >= 0.6 is 0 Å². The van der Waals surface area contributed by atoms with Gasteiger partial charge in [-0.15, -0.1) is 0 Å². The zero-order valence-corrected chi connectivity index (χ0v) is 24.4. The molecule has 0 bridgehead atoms. The number of fused-ring (bicyclic) bond motifs is 2. The maximum atomic E-state index is 13.4. The summed E-state index contributed by atoms with van der Waals surface area (Å²) in [5.74, 6) is -5.45. The van der Waals surface area contributed by atoms with Gasteiger partial charge in [0.2, 0.25) is 10.0 Å². The summed E-state index contributed by atoms with van der Waals surface area (Å²) in [6, 6.07) is 5.69. The van der Waals surface area contributed by atoms with Gasteiger partial charge in [0.05, 0.1) is 17.6 Å². The number of nitrogens with zero attached hydrogens (tertiary/aromatic N) is 3. The van der Waals surface area contributed by atoms with Crippen molar-refractivity contribution in [1.29, 1.82) is 0 Å². The number of sulfonamides is 1. The van der Waals surface area contributed by atoms with Gasteiger partial charge in [0.15, 0.2) is 11.5 Å². The maximum absolute atomic E-state index is 13.4. The Hall–Kier alpha value is -2.50. The average molecular weight is 660 g/mol. The van der Waals surface area contributed by atoms with Crippen molar-refractivity contribution in [3.05, 3.63) is 53.1 Å². The van der Waals surface area contributed by atoms with Gasteiger partial charge in [-0.3, -0.25) is 4.18 Å². The fourth-order valence-corrected chi connectivity index (χ4v) is 8.72. The van der Waals surface area contributed by atoms with Crippen LogP contribution in [0.15, 0.2) is 36.0 Å². The molecular weight excluding hydrogens is 631 g/mol. The molecule has 3 aliphatic carbocycles. The van der Waals surface area contributed by atoms with Crippen molar-refractivity contribution >= 4 is 26.2 Å². The van der Waals surface area contributed by atoms with Gasteiger partial charge in [0.25, 0.3) is 10.1 Å². The average Bonchev–Trinajstić information content (AvgIpc) is 3.32. The fourth-order valence-electron chi connectivity index (χ4n) is 6.06. The molecule has 1 heterocycles. The van der Waals surface area contributed by atoms with Crippen LogP contribution in [0.1, 0.15) is 43.9 Å². The second kappa shape index (κ2) is 10.5. The molecule has 3 aliphatic rings. The second-order valence-corrected chi connectivity index (χ2v) is 15.2. The summed E-state index contributed by atoms with van der Waals surface area (Å²) >= 11 is 0. The van der Waals surface area contributed by atoms with Crippen molar-refractivity contribution < 1.29 is 51.8 Å². The minimum Gasteiger partial charge on any atom is -0.262 e. The van der Waals surface area contributed by atoms with E-state index >= 15 is 0 Å². The highest BCUT2D eigenvalue weighted by Gasteiger charge is 2.55. The van der Waals surface area contributed by atoms with Crippen LogP contribution in [0.5, 0.6) is 0 Å². The first-order chi connectivity index (χ1) is 19.7. The summed E-state index contributed by atoms with van der Waals surface area (Å²) in [6.07, 6.45) is -5.75.